The fourth-order valence-corrected chi connectivity index (χ4v) is 3.42. The highest BCUT2D eigenvalue weighted by Crippen LogP contribution is 2.31. The van der Waals surface area contributed by atoms with Gasteiger partial charge in [-0.3, -0.25) is 0 Å². The van der Waals surface area contributed by atoms with Gasteiger partial charge < -0.3 is 9.63 Å². The lowest BCUT2D eigenvalue weighted by molar-refractivity contribution is 0.205. The lowest BCUT2D eigenvalue weighted by Gasteiger charge is -2.16. The van der Waals surface area contributed by atoms with Crippen LogP contribution in [0.3, 0.4) is 0 Å². The smallest absolute Gasteiger partial charge is 0.427 e. The van der Waals surface area contributed by atoms with Gasteiger partial charge in [0.1, 0.15) is 16.5 Å². The van der Waals surface area contributed by atoms with Gasteiger partial charge in [-0.15, -0.1) is 4.31 Å². The summed E-state index contributed by atoms with van der Waals surface area (Å²) in [5, 5.41) is 12.4. The van der Waals surface area contributed by atoms with Gasteiger partial charge >= 0.3 is 6.09 Å². The Morgan fingerprint density at radius 3 is 2.59 bits per heavy atom. The van der Waals surface area contributed by atoms with Crippen molar-refractivity contribution < 1.29 is 27.2 Å². The number of aryl methyl sites for hydroxylation is 1. The molecule has 1 amide bonds. The Labute approximate surface area is 137 Å². The van der Waals surface area contributed by atoms with E-state index in [1.165, 1.54) is 6.92 Å². The van der Waals surface area contributed by atoms with Crippen LogP contribution in [0.4, 0.5) is 15.0 Å². The second kappa shape index (κ2) is 5.86. The predicted molar refractivity (Wildman–Crippen MR) is 78.0 cm³/mol. The van der Waals surface area contributed by atoms with Crippen LogP contribution in [0.1, 0.15) is 5.76 Å². The molecule has 0 aliphatic rings. The molecule has 0 fully saturated rings. The fourth-order valence-electron chi connectivity index (χ4n) is 1.57. The standard InChI is InChI=1S/C11H7BrClFN2O5S/c1-5-2-10(15-21-5)16(11(17)18)22(19,20)9-4-7(13)6(12)3-8(9)14/h2-4H,1H3,(H,17,18). The van der Waals surface area contributed by atoms with Gasteiger partial charge in [0.05, 0.1) is 5.02 Å². The molecule has 0 unspecified atom stereocenters. The van der Waals surface area contributed by atoms with Crippen LogP contribution in [0.5, 0.6) is 0 Å². The first-order valence-corrected chi connectivity index (χ1v) is 8.12. The predicted octanol–water partition coefficient (Wildman–Crippen LogP) is 3.41. The molecule has 1 heterocycles. The number of hydrogen-bond acceptors (Lipinski definition) is 5. The molecule has 118 valence electrons. The van der Waals surface area contributed by atoms with Gasteiger partial charge in [0.2, 0.25) is 0 Å². The van der Waals surface area contributed by atoms with E-state index in [4.69, 9.17) is 16.7 Å². The summed E-state index contributed by atoms with van der Waals surface area (Å²) in [6.45, 7) is 1.44. The van der Waals surface area contributed by atoms with E-state index in [0.29, 0.717) is 0 Å². The van der Waals surface area contributed by atoms with Crippen LogP contribution in [0.2, 0.25) is 5.02 Å². The number of benzene rings is 1. The van der Waals surface area contributed by atoms with Crippen molar-refractivity contribution in [3.63, 3.8) is 0 Å². The Morgan fingerprint density at radius 1 is 1.45 bits per heavy atom. The summed E-state index contributed by atoms with van der Waals surface area (Å²) >= 11 is 8.69. The number of carbonyl (C=O) groups is 1. The maximum absolute atomic E-state index is 13.9. The first kappa shape index (κ1) is 16.7. The van der Waals surface area contributed by atoms with Crippen LogP contribution in [-0.4, -0.2) is 24.8 Å². The molecule has 11 heteroatoms. The molecule has 1 aromatic heterocycles. The minimum absolute atomic E-state index is 0.0911. The topological polar surface area (TPSA) is 101 Å². The number of anilines is 1. The minimum atomic E-state index is -4.78. The van der Waals surface area contributed by atoms with Crippen LogP contribution < -0.4 is 4.31 Å². The summed E-state index contributed by atoms with van der Waals surface area (Å²) in [4.78, 5) is 10.4. The summed E-state index contributed by atoms with van der Waals surface area (Å²) in [7, 11) is -4.78. The number of rotatable bonds is 3. The zero-order chi connectivity index (χ0) is 16.7. The van der Waals surface area contributed by atoms with E-state index in [9.17, 15) is 17.6 Å². The number of nitrogens with zero attached hydrogens (tertiary/aromatic N) is 2. The van der Waals surface area contributed by atoms with E-state index in [2.05, 4.69) is 25.6 Å². The van der Waals surface area contributed by atoms with Crippen molar-refractivity contribution in [2.24, 2.45) is 0 Å². The molecule has 2 aromatic rings. The lowest BCUT2D eigenvalue weighted by Crippen LogP contribution is -2.36. The number of sulfonamides is 1. The highest BCUT2D eigenvalue weighted by atomic mass is 79.9. The fraction of sp³-hybridized carbons (Fsp3) is 0.0909. The van der Waals surface area contributed by atoms with E-state index in [1.54, 1.807) is 0 Å². The molecule has 0 aliphatic heterocycles. The van der Waals surface area contributed by atoms with Crippen molar-refractivity contribution in [3.8, 4) is 0 Å². The van der Waals surface area contributed by atoms with Crippen molar-refractivity contribution >= 4 is 49.5 Å². The summed E-state index contributed by atoms with van der Waals surface area (Å²) in [5.74, 6) is -1.49. The Morgan fingerprint density at radius 2 is 2.09 bits per heavy atom. The van der Waals surface area contributed by atoms with Gasteiger partial charge in [-0.25, -0.2) is 17.6 Å². The number of aromatic nitrogens is 1. The van der Waals surface area contributed by atoms with E-state index in [-0.39, 0.29) is 19.6 Å². The van der Waals surface area contributed by atoms with Gasteiger partial charge in [0.15, 0.2) is 5.82 Å². The van der Waals surface area contributed by atoms with Crippen LogP contribution in [0, 0.1) is 12.7 Å². The van der Waals surface area contributed by atoms with Crippen molar-refractivity contribution in [2.45, 2.75) is 11.8 Å². The summed E-state index contributed by atoms with van der Waals surface area (Å²) < 4.78 is 43.5. The molecule has 0 aliphatic carbocycles. The van der Waals surface area contributed by atoms with Crippen LogP contribution in [-0.2, 0) is 10.0 Å². The third-order valence-corrected chi connectivity index (χ3v) is 5.38. The first-order chi connectivity index (χ1) is 10.1. The van der Waals surface area contributed by atoms with E-state index < -0.39 is 32.6 Å². The molecule has 22 heavy (non-hydrogen) atoms. The normalized spacial score (nSPS) is 11.5. The summed E-state index contributed by atoms with van der Waals surface area (Å²) in [6.07, 6.45) is -1.87. The largest absolute Gasteiger partial charge is 0.464 e. The third-order valence-electron chi connectivity index (χ3n) is 2.49. The Balaban J connectivity index is 2.65. The molecule has 7 nitrogen and oxygen atoms in total. The highest BCUT2D eigenvalue weighted by molar-refractivity contribution is 9.10. The second-order valence-electron chi connectivity index (χ2n) is 4.04. The quantitative estimate of drug-likeness (QED) is 0.774. The van der Waals surface area contributed by atoms with Gasteiger partial charge in [-0.2, -0.15) is 0 Å². The Hall–Kier alpha value is -1.65. The zero-order valence-corrected chi connectivity index (χ0v) is 13.9. The lowest BCUT2D eigenvalue weighted by atomic mass is 10.3. The van der Waals surface area contributed by atoms with Crippen molar-refractivity contribution in [1.82, 2.24) is 5.16 Å². The van der Waals surface area contributed by atoms with Gasteiger partial charge in [0.25, 0.3) is 10.0 Å². The first-order valence-electron chi connectivity index (χ1n) is 5.50. The SMILES string of the molecule is Cc1cc(N(C(=O)O)S(=O)(=O)c2cc(Cl)c(Br)cc2F)no1. The van der Waals surface area contributed by atoms with Crippen LogP contribution in [0.15, 0.2) is 32.1 Å². The van der Waals surface area contributed by atoms with Crippen molar-refractivity contribution in [3.05, 3.63) is 39.3 Å². The zero-order valence-electron chi connectivity index (χ0n) is 10.7. The maximum Gasteiger partial charge on any atom is 0.427 e. The molecule has 0 radical (unpaired) electrons. The highest BCUT2D eigenvalue weighted by Gasteiger charge is 2.35. The number of hydrogen-bond donors (Lipinski definition) is 1. The van der Waals surface area contributed by atoms with Gasteiger partial charge in [-0.05, 0) is 35.0 Å². The molecular formula is C11H7BrClFN2O5S. The van der Waals surface area contributed by atoms with Crippen LogP contribution in [0.25, 0.3) is 0 Å². The molecule has 0 atom stereocenters. The maximum atomic E-state index is 13.9. The van der Waals surface area contributed by atoms with Crippen LogP contribution >= 0.6 is 27.5 Å². The van der Waals surface area contributed by atoms with Crippen molar-refractivity contribution in [2.75, 3.05) is 4.31 Å². The Kier molecular flexibility index (Phi) is 4.45. The van der Waals surface area contributed by atoms with Crippen molar-refractivity contribution in [1.29, 1.82) is 0 Å². The van der Waals surface area contributed by atoms with Gasteiger partial charge in [-0.1, -0.05) is 16.8 Å². The second-order valence-corrected chi connectivity index (χ2v) is 7.06. The number of amides is 1. The average Bonchev–Trinajstić information content (AvgIpc) is 2.79. The van der Waals surface area contributed by atoms with Gasteiger partial charge in [0, 0.05) is 10.5 Å². The molecule has 2 rings (SSSR count). The third kappa shape index (κ3) is 2.94. The molecule has 1 aromatic carbocycles. The summed E-state index contributed by atoms with van der Waals surface area (Å²) in [6, 6.07) is 2.71. The molecule has 0 spiro atoms. The molecule has 1 N–H and O–H groups in total. The minimum Gasteiger partial charge on any atom is -0.464 e. The monoisotopic (exact) mass is 412 g/mol. The van der Waals surface area contributed by atoms with E-state index in [0.717, 1.165) is 18.2 Å². The van der Waals surface area contributed by atoms with E-state index in [1.807, 2.05) is 0 Å². The number of halogens is 3. The number of carboxylic acid groups (broad SMARTS) is 1. The molecule has 0 saturated heterocycles. The Bertz CT molecular complexity index is 854. The molecule has 0 saturated carbocycles. The van der Waals surface area contributed by atoms with E-state index >= 15 is 0 Å². The average molecular weight is 414 g/mol. The summed E-state index contributed by atoms with van der Waals surface area (Å²) in [5.41, 5.74) is 0. The molecule has 0 bridgehead atoms. The molecular weight excluding hydrogens is 407 g/mol.